The first kappa shape index (κ1) is 14.0. The molecule has 0 saturated carbocycles. The van der Waals surface area contributed by atoms with Crippen molar-refractivity contribution in [1.82, 2.24) is 19.6 Å². The molecule has 1 aromatic carbocycles. The van der Waals surface area contributed by atoms with Gasteiger partial charge in [0, 0.05) is 11.9 Å². The summed E-state index contributed by atoms with van der Waals surface area (Å²) in [5, 5.41) is 10.3. The summed E-state index contributed by atoms with van der Waals surface area (Å²) in [6, 6.07) is 7.49. The van der Waals surface area contributed by atoms with E-state index in [9.17, 15) is 4.79 Å². The second kappa shape index (κ2) is 5.44. The lowest BCUT2D eigenvalue weighted by atomic mass is 10.2. The van der Waals surface area contributed by atoms with E-state index in [1.54, 1.807) is 6.20 Å². The molecule has 21 heavy (non-hydrogen) atoms. The number of halogens is 1. The van der Waals surface area contributed by atoms with E-state index < -0.39 is 0 Å². The summed E-state index contributed by atoms with van der Waals surface area (Å²) in [5.41, 5.74) is 1.79. The molecule has 0 bridgehead atoms. The number of hydrogen-bond donors (Lipinski definition) is 0. The molecule has 0 aliphatic rings. The van der Waals surface area contributed by atoms with Crippen molar-refractivity contribution in [2.45, 2.75) is 26.9 Å². The maximum absolute atomic E-state index is 12.5. The van der Waals surface area contributed by atoms with Gasteiger partial charge >= 0.3 is 0 Å². The van der Waals surface area contributed by atoms with Gasteiger partial charge in [-0.3, -0.25) is 9.48 Å². The van der Waals surface area contributed by atoms with Crippen molar-refractivity contribution in [1.29, 1.82) is 0 Å². The van der Waals surface area contributed by atoms with Crippen LogP contribution in [0, 0.1) is 6.92 Å². The van der Waals surface area contributed by atoms with Crippen LogP contribution >= 0.6 is 15.9 Å². The van der Waals surface area contributed by atoms with Gasteiger partial charge in [-0.25, -0.2) is 4.68 Å². The summed E-state index contributed by atoms with van der Waals surface area (Å²) in [5.74, 6) is 0. The molecule has 3 aromatic rings. The maximum atomic E-state index is 12.5. The number of nitrogens with zero attached hydrogens (tertiary/aromatic N) is 4. The lowest BCUT2D eigenvalue weighted by Gasteiger charge is -2.08. The van der Waals surface area contributed by atoms with Crippen LogP contribution in [0.15, 0.2) is 39.7 Å². The zero-order chi connectivity index (χ0) is 15.0. The first-order valence-corrected chi connectivity index (χ1v) is 7.57. The van der Waals surface area contributed by atoms with Crippen LogP contribution in [-0.2, 0) is 13.1 Å². The molecule has 0 unspecified atom stereocenters. The number of benzene rings is 1. The predicted molar refractivity (Wildman–Crippen MR) is 85.4 cm³/mol. The number of aromatic nitrogens is 4. The van der Waals surface area contributed by atoms with Crippen LogP contribution in [0.25, 0.3) is 10.8 Å². The fourth-order valence-corrected chi connectivity index (χ4v) is 2.81. The third-order valence-electron chi connectivity index (χ3n) is 3.51. The van der Waals surface area contributed by atoms with E-state index in [0.717, 1.165) is 27.8 Å². The molecule has 0 aliphatic heterocycles. The fourth-order valence-electron chi connectivity index (χ4n) is 2.40. The van der Waals surface area contributed by atoms with Crippen LogP contribution in [0.1, 0.15) is 18.3 Å². The minimum atomic E-state index is -0.0819. The molecule has 2 aromatic heterocycles. The number of rotatable bonds is 3. The van der Waals surface area contributed by atoms with Gasteiger partial charge in [0.25, 0.3) is 5.56 Å². The summed E-state index contributed by atoms with van der Waals surface area (Å²) in [6.07, 6.45) is 1.73. The molecule has 6 heteroatoms. The summed E-state index contributed by atoms with van der Waals surface area (Å²) in [7, 11) is 0. The molecule has 0 spiro atoms. The molecule has 0 aliphatic carbocycles. The van der Waals surface area contributed by atoms with E-state index in [4.69, 9.17) is 0 Å². The van der Waals surface area contributed by atoms with Gasteiger partial charge in [-0.05, 0) is 35.8 Å². The monoisotopic (exact) mass is 346 g/mol. The van der Waals surface area contributed by atoms with Crippen LogP contribution in [0.3, 0.4) is 0 Å². The van der Waals surface area contributed by atoms with E-state index in [0.29, 0.717) is 11.9 Å². The van der Waals surface area contributed by atoms with E-state index in [-0.39, 0.29) is 5.56 Å². The van der Waals surface area contributed by atoms with Crippen LogP contribution in [0.4, 0.5) is 0 Å². The smallest absolute Gasteiger partial charge is 0.267 e. The molecule has 0 amide bonds. The Balaban J connectivity index is 2.11. The first-order chi connectivity index (χ1) is 10.1. The molecule has 5 nitrogen and oxygen atoms in total. The highest BCUT2D eigenvalue weighted by atomic mass is 79.9. The van der Waals surface area contributed by atoms with Crippen molar-refractivity contribution < 1.29 is 0 Å². The number of fused-ring (bicyclic) bond motifs is 1. The van der Waals surface area contributed by atoms with Gasteiger partial charge in [-0.1, -0.05) is 18.2 Å². The molecule has 0 N–H and O–H groups in total. The zero-order valence-electron chi connectivity index (χ0n) is 11.9. The fraction of sp³-hybridized carbons (Fsp3) is 0.267. The van der Waals surface area contributed by atoms with E-state index in [1.807, 2.05) is 42.8 Å². The molecule has 0 radical (unpaired) electrons. The molecule has 2 heterocycles. The van der Waals surface area contributed by atoms with Crippen LogP contribution in [0.2, 0.25) is 0 Å². The van der Waals surface area contributed by atoms with Gasteiger partial charge in [0.1, 0.15) is 0 Å². The van der Waals surface area contributed by atoms with Gasteiger partial charge in [0.2, 0.25) is 0 Å². The Hall–Kier alpha value is -1.95. The third kappa shape index (κ3) is 2.40. The first-order valence-electron chi connectivity index (χ1n) is 6.78. The number of hydrogen-bond acceptors (Lipinski definition) is 3. The quantitative estimate of drug-likeness (QED) is 0.732. The topological polar surface area (TPSA) is 52.7 Å². The van der Waals surface area contributed by atoms with Gasteiger partial charge in [-0.15, -0.1) is 0 Å². The summed E-state index contributed by atoms with van der Waals surface area (Å²) >= 11 is 3.55. The maximum Gasteiger partial charge on any atom is 0.274 e. The molecule has 0 saturated heterocycles. The summed E-state index contributed by atoms with van der Waals surface area (Å²) < 4.78 is 4.31. The normalized spacial score (nSPS) is 11.2. The van der Waals surface area contributed by atoms with Crippen molar-refractivity contribution in [3.63, 3.8) is 0 Å². The molecule has 0 fully saturated rings. The standard InChI is InChI=1S/C15H15BrN4O/c1-3-19-13(14(16)10(2)18-19)9-20-15(21)12-7-5-4-6-11(12)8-17-20/h4-8H,3,9H2,1-2H3. The number of aryl methyl sites for hydroxylation is 2. The average Bonchev–Trinajstić information content (AvgIpc) is 2.78. The molecular formula is C15H15BrN4O. The lowest BCUT2D eigenvalue weighted by molar-refractivity contribution is 0.561. The Bertz CT molecular complexity index is 866. The Kier molecular flexibility index (Phi) is 3.63. The van der Waals surface area contributed by atoms with Gasteiger partial charge in [-0.2, -0.15) is 10.2 Å². The average molecular weight is 347 g/mol. The molecule has 3 rings (SSSR count). The highest BCUT2D eigenvalue weighted by molar-refractivity contribution is 9.10. The highest BCUT2D eigenvalue weighted by Gasteiger charge is 2.14. The Morgan fingerprint density at radius 3 is 2.76 bits per heavy atom. The summed E-state index contributed by atoms with van der Waals surface area (Å²) in [6.45, 7) is 5.12. The van der Waals surface area contributed by atoms with Crippen molar-refractivity contribution >= 4 is 26.7 Å². The van der Waals surface area contributed by atoms with Crippen molar-refractivity contribution in [2.75, 3.05) is 0 Å². The zero-order valence-corrected chi connectivity index (χ0v) is 13.5. The SMILES string of the molecule is CCn1nc(C)c(Br)c1Cn1ncc2ccccc2c1=O. The Morgan fingerprint density at radius 1 is 1.24 bits per heavy atom. The van der Waals surface area contributed by atoms with Gasteiger partial charge in [0.05, 0.1) is 34.0 Å². The molecule has 0 atom stereocenters. The molecular weight excluding hydrogens is 332 g/mol. The van der Waals surface area contributed by atoms with Crippen molar-refractivity contribution in [2.24, 2.45) is 0 Å². The van der Waals surface area contributed by atoms with Crippen molar-refractivity contribution in [3.8, 4) is 0 Å². The van der Waals surface area contributed by atoms with E-state index in [2.05, 4.69) is 26.1 Å². The Labute approximate surface area is 130 Å². The summed E-state index contributed by atoms with van der Waals surface area (Å²) in [4.78, 5) is 12.5. The van der Waals surface area contributed by atoms with Crippen LogP contribution in [0.5, 0.6) is 0 Å². The minimum absolute atomic E-state index is 0.0819. The second-order valence-electron chi connectivity index (χ2n) is 4.86. The minimum Gasteiger partial charge on any atom is -0.267 e. The molecule has 108 valence electrons. The van der Waals surface area contributed by atoms with Gasteiger partial charge in [0.15, 0.2) is 0 Å². The van der Waals surface area contributed by atoms with Crippen molar-refractivity contribution in [3.05, 3.63) is 56.7 Å². The van der Waals surface area contributed by atoms with Gasteiger partial charge < -0.3 is 0 Å². The van der Waals surface area contributed by atoms with E-state index >= 15 is 0 Å². The third-order valence-corrected chi connectivity index (χ3v) is 4.55. The van der Waals surface area contributed by atoms with Crippen LogP contribution in [-0.4, -0.2) is 19.6 Å². The predicted octanol–water partition coefficient (Wildman–Crippen LogP) is 2.73. The highest BCUT2D eigenvalue weighted by Crippen LogP contribution is 2.21. The largest absolute Gasteiger partial charge is 0.274 e. The second-order valence-corrected chi connectivity index (χ2v) is 5.65. The lowest BCUT2D eigenvalue weighted by Crippen LogP contribution is -2.24. The van der Waals surface area contributed by atoms with Crippen LogP contribution < -0.4 is 5.56 Å². The Morgan fingerprint density at radius 2 is 2.00 bits per heavy atom. The van der Waals surface area contributed by atoms with E-state index in [1.165, 1.54) is 4.68 Å².